The highest BCUT2D eigenvalue weighted by Crippen LogP contribution is 2.24. The molecule has 3 aromatic rings. The molecule has 0 aliphatic carbocycles. The smallest absolute Gasteiger partial charge is 0.229 e. The summed E-state index contributed by atoms with van der Waals surface area (Å²) in [5.41, 5.74) is 4.22. The van der Waals surface area contributed by atoms with Gasteiger partial charge >= 0.3 is 0 Å². The van der Waals surface area contributed by atoms with Gasteiger partial charge < -0.3 is 10.2 Å². The van der Waals surface area contributed by atoms with E-state index >= 15 is 0 Å². The lowest BCUT2D eigenvalue weighted by molar-refractivity contribution is -0.120. The van der Waals surface area contributed by atoms with Gasteiger partial charge in [0.25, 0.3) is 0 Å². The number of hydrogen-bond acceptors (Lipinski definition) is 4. The highest BCUT2D eigenvalue weighted by molar-refractivity contribution is 5.93. The maximum atomic E-state index is 12.8. The number of nitrogens with one attached hydrogen (secondary N) is 1. The number of amides is 1. The average Bonchev–Trinajstić information content (AvgIpc) is 2.80. The topological polar surface area (TPSA) is 58.1 Å². The van der Waals surface area contributed by atoms with E-state index in [0.29, 0.717) is 12.5 Å². The summed E-state index contributed by atoms with van der Waals surface area (Å²) in [6.07, 6.45) is 6.55. The number of nitrogens with zero attached hydrogens (tertiary/aromatic N) is 3. The first kappa shape index (κ1) is 19.1. The van der Waals surface area contributed by atoms with Crippen LogP contribution in [-0.4, -0.2) is 29.0 Å². The lowest BCUT2D eigenvalue weighted by Gasteiger charge is -2.32. The number of hydrogen-bond donors (Lipinski definition) is 1. The Morgan fingerprint density at radius 2 is 1.76 bits per heavy atom. The fraction of sp³-hybridized carbons (Fsp3) is 0.292. The summed E-state index contributed by atoms with van der Waals surface area (Å²) in [6.45, 7) is 3.64. The molecule has 0 radical (unpaired) electrons. The summed E-state index contributed by atoms with van der Waals surface area (Å²) in [5.74, 6) is 0.696. The normalized spacial score (nSPS) is 16.4. The minimum atomic E-state index is -0.0630. The molecule has 1 fully saturated rings. The van der Waals surface area contributed by atoms with Crippen LogP contribution in [0.5, 0.6) is 0 Å². The first-order chi connectivity index (χ1) is 14.2. The van der Waals surface area contributed by atoms with Crippen LogP contribution in [0, 0.1) is 5.92 Å². The summed E-state index contributed by atoms with van der Waals surface area (Å²) in [7, 11) is 0. The highest BCUT2D eigenvalue weighted by atomic mass is 16.1. The van der Waals surface area contributed by atoms with Crippen LogP contribution >= 0.6 is 0 Å². The Morgan fingerprint density at radius 3 is 2.45 bits per heavy atom. The van der Waals surface area contributed by atoms with Crippen molar-refractivity contribution in [1.82, 2.24) is 9.97 Å². The van der Waals surface area contributed by atoms with Crippen molar-refractivity contribution in [2.75, 3.05) is 23.3 Å². The molecule has 0 spiro atoms. The van der Waals surface area contributed by atoms with Crippen molar-refractivity contribution < 1.29 is 4.79 Å². The van der Waals surface area contributed by atoms with E-state index in [1.807, 2.05) is 54.9 Å². The Morgan fingerprint density at radius 1 is 1.03 bits per heavy atom. The molecule has 1 aliphatic rings. The van der Waals surface area contributed by atoms with Gasteiger partial charge in [0, 0.05) is 36.7 Å². The molecular weight excluding hydrogens is 360 g/mol. The maximum absolute atomic E-state index is 12.8. The lowest BCUT2D eigenvalue weighted by Crippen LogP contribution is -2.41. The van der Waals surface area contributed by atoms with E-state index in [1.165, 1.54) is 5.56 Å². The predicted octanol–water partition coefficient (Wildman–Crippen LogP) is 4.56. The molecule has 4 rings (SSSR count). The molecule has 148 valence electrons. The Balaban J connectivity index is 1.40. The third kappa shape index (κ3) is 4.62. The molecule has 1 N–H and O–H groups in total. The molecular formula is C24H26N4O. The number of aromatic nitrogens is 2. The summed E-state index contributed by atoms with van der Waals surface area (Å²) < 4.78 is 0. The first-order valence-electron chi connectivity index (χ1n) is 10.2. The quantitative estimate of drug-likeness (QED) is 0.698. The van der Waals surface area contributed by atoms with E-state index in [4.69, 9.17) is 0 Å². The number of benzene rings is 2. The molecule has 1 aliphatic heterocycles. The van der Waals surface area contributed by atoms with Crippen LogP contribution in [-0.2, 0) is 11.2 Å². The number of anilines is 2. The van der Waals surface area contributed by atoms with Crippen LogP contribution in [0.2, 0.25) is 0 Å². The van der Waals surface area contributed by atoms with Crippen LogP contribution in [0.1, 0.15) is 25.3 Å². The summed E-state index contributed by atoms with van der Waals surface area (Å²) >= 11 is 0. The third-order valence-corrected chi connectivity index (χ3v) is 5.45. The van der Waals surface area contributed by atoms with Crippen molar-refractivity contribution >= 4 is 17.5 Å². The zero-order chi connectivity index (χ0) is 20.1. The molecule has 2 heterocycles. The Kier molecular flexibility index (Phi) is 5.84. The lowest BCUT2D eigenvalue weighted by atomic mass is 9.97. The van der Waals surface area contributed by atoms with Crippen molar-refractivity contribution in [1.29, 1.82) is 0 Å². The molecule has 0 saturated carbocycles. The number of rotatable bonds is 5. The standard InChI is InChI=1S/C24H26N4O/c1-2-18-10-12-22(13-11-18)27-23(29)20-9-6-14-28(17-20)24-25-15-21(16-26-24)19-7-4-3-5-8-19/h3-5,7-8,10-13,15-16,20H,2,6,9,14,17H2,1H3,(H,27,29). The summed E-state index contributed by atoms with van der Waals surface area (Å²) in [5, 5.41) is 3.06. The Hall–Kier alpha value is -3.21. The molecule has 5 heteroatoms. The minimum Gasteiger partial charge on any atom is -0.340 e. The SMILES string of the molecule is CCc1ccc(NC(=O)C2CCCN(c3ncc(-c4ccccc4)cn3)C2)cc1. The molecule has 1 atom stereocenters. The second-order valence-electron chi connectivity index (χ2n) is 7.46. The Bertz CT molecular complexity index is 939. The number of carbonyl (C=O) groups excluding carboxylic acids is 1. The molecule has 5 nitrogen and oxygen atoms in total. The number of aryl methyl sites for hydroxylation is 1. The monoisotopic (exact) mass is 386 g/mol. The zero-order valence-corrected chi connectivity index (χ0v) is 16.7. The fourth-order valence-electron chi connectivity index (χ4n) is 3.71. The van der Waals surface area contributed by atoms with Crippen LogP contribution in [0.4, 0.5) is 11.6 Å². The fourth-order valence-corrected chi connectivity index (χ4v) is 3.71. The van der Waals surface area contributed by atoms with Gasteiger partial charge in [-0.05, 0) is 42.5 Å². The van der Waals surface area contributed by atoms with E-state index in [1.54, 1.807) is 0 Å². The van der Waals surface area contributed by atoms with Crippen molar-refractivity contribution in [3.05, 3.63) is 72.6 Å². The average molecular weight is 386 g/mol. The first-order valence-corrected chi connectivity index (χ1v) is 10.2. The van der Waals surface area contributed by atoms with Gasteiger partial charge in [-0.3, -0.25) is 4.79 Å². The second kappa shape index (κ2) is 8.86. The van der Waals surface area contributed by atoms with Gasteiger partial charge in [-0.25, -0.2) is 9.97 Å². The van der Waals surface area contributed by atoms with Crippen molar-refractivity contribution in [2.45, 2.75) is 26.2 Å². The number of piperidine rings is 1. The van der Waals surface area contributed by atoms with Crippen molar-refractivity contribution in [3.63, 3.8) is 0 Å². The molecule has 1 unspecified atom stereocenters. The van der Waals surface area contributed by atoms with E-state index < -0.39 is 0 Å². The van der Waals surface area contributed by atoms with E-state index in [0.717, 1.165) is 42.6 Å². The second-order valence-corrected chi connectivity index (χ2v) is 7.46. The largest absolute Gasteiger partial charge is 0.340 e. The van der Waals surface area contributed by atoms with Gasteiger partial charge in [0.1, 0.15) is 0 Å². The summed E-state index contributed by atoms with van der Waals surface area (Å²) in [6, 6.07) is 18.2. The third-order valence-electron chi connectivity index (χ3n) is 5.45. The molecule has 29 heavy (non-hydrogen) atoms. The molecule has 1 amide bonds. The molecule has 2 aromatic carbocycles. The Labute approximate surface area is 171 Å². The maximum Gasteiger partial charge on any atom is 0.229 e. The van der Waals surface area contributed by atoms with Crippen LogP contribution < -0.4 is 10.2 Å². The van der Waals surface area contributed by atoms with Crippen LogP contribution in [0.15, 0.2) is 67.0 Å². The molecule has 1 aromatic heterocycles. The van der Waals surface area contributed by atoms with E-state index in [-0.39, 0.29) is 11.8 Å². The van der Waals surface area contributed by atoms with Gasteiger partial charge in [-0.2, -0.15) is 0 Å². The highest BCUT2D eigenvalue weighted by Gasteiger charge is 2.27. The predicted molar refractivity (Wildman–Crippen MR) is 117 cm³/mol. The zero-order valence-electron chi connectivity index (χ0n) is 16.7. The van der Waals surface area contributed by atoms with Gasteiger partial charge in [0.2, 0.25) is 11.9 Å². The van der Waals surface area contributed by atoms with Crippen LogP contribution in [0.3, 0.4) is 0 Å². The van der Waals surface area contributed by atoms with Crippen LogP contribution in [0.25, 0.3) is 11.1 Å². The van der Waals surface area contributed by atoms with E-state index in [2.05, 4.69) is 39.2 Å². The minimum absolute atomic E-state index is 0.0630. The molecule has 0 bridgehead atoms. The van der Waals surface area contributed by atoms with Gasteiger partial charge in [-0.1, -0.05) is 49.4 Å². The van der Waals surface area contributed by atoms with Gasteiger partial charge in [-0.15, -0.1) is 0 Å². The van der Waals surface area contributed by atoms with Gasteiger partial charge in [0.05, 0.1) is 5.92 Å². The van der Waals surface area contributed by atoms with Crippen molar-refractivity contribution in [2.24, 2.45) is 5.92 Å². The van der Waals surface area contributed by atoms with E-state index in [9.17, 15) is 4.79 Å². The van der Waals surface area contributed by atoms with Crippen molar-refractivity contribution in [3.8, 4) is 11.1 Å². The number of carbonyl (C=O) groups is 1. The molecule has 1 saturated heterocycles. The van der Waals surface area contributed by atoms with Gasteiger partial charge in [0.15, 0.2) is 0 Å². The summed E-state index contributed by atoms with van der Waals surface area (Å²) in [4.78, 5) is 24.0.